The van der Waals surface area contributed by atoms with Crippen LogP contribution in [-0.2, 0) is 11.2 Å². The number of nitrogens with zero attached hydrogens (tertiary/aromatic N) is 1. The zero-order valence-electron chi connectivity index (χ0n) is 15.4. The molecule has 2 aromatic carbocycles. The zero-order chi connectivity index (χ0) is 19.8. The molecule has 0 atom stereocenters. The van der Waals surface area contributed by atoms with Crippen LogP contribution in [0.3, 0.4) is 0 Å². The van der Waals surface area contributed by atoms with Crippen molar-refractivity contribution in [3.05, 3.63) is 65.0 Å². The van der Waals surface area contributed by atoms with E-state index in [9.17, 15) is 18.0 Å². The summed E-state index contributed by atoms with van der Waals surface area (Å²) in [7, 11) is 3.69. The van der Waals surface area contributed by atoms with Gasteiger partial charge in [-0.25, -0.2) is 13.2 Å². The summed E-state index contributed by atoms with van der Waals surface area (Å²) < 4.78 is 44.6. The number of hydrogen-bond donors (Lipinski definition) is 1. The van der Waals surface area contributed by atoms with Crippen molar-refractivity contribution in [1.29, 1.82) is 0 Å². The number of nitrogens with one attached hydrogen (secondary N) is 1. The van der Waals surface area contributed by atoms with Gasteiger partial charge in [-0.1, -0.05) is 12.1 Å². The highest BCUT2D eigenvalue weighted by atomic mass is 19.2. The number of rotatable bonds is 9. The lowest BCUT2D eigenvalue weighted by Crippen LogP contribution is -2.23. The Bertz CT molecular complexity index is 761. The fourth-order valence-electron chi connectivity index (χ4n) is 2.61. The highest BCUT2D eigenvalue weighted by molar-refractivity contribution is 6.04. The Morgan fingerprint density at radius 3 is 2.48 bits per heavy atom. The molecule has 1 N–H and O–H groups in total. The van der Waals surface area contributed by atoms with E-state index in [1.807, 2.05) is 13.1 Å². The number of likely N-dealkylation sites (N-methyl/N-ethyl adjacent to an activating group) is 1. The molecule has 0 aliphatic rings. The van der Waals surface area contributed by atoms with Crippen molar-refractivity contribution < 1.29 is 22.7 Å². The smallest absolute Gasteiger partial charge is 0.255 e. The molecule has 27 heavy (non-hydrogen) atoms. The second kappa shape index (κ2) is 10.1. The van der Waals surface area contributed by atoms with Crippen LogP contribution in [0.15, 0.2) is 36.4 Å². The highest BCUT2D eigenvalue weighted by Crippen LogP contribution is 2.18. The van der Waals surface area contributed by atoms with Gasteiger partial charge in [0.1, 0.15) is 0 Å². The van der Waals surface area contributed by atoms with E-state index >= 15 is 0 Å². The van der Waals surface area contributed by atoms with E-state index in [4.69, 9.17) is 4.74 Å². The Kier molecular flexibility index (Phi) is 7.82. The van der Waals surface area contributed by atoms with Crippen LogP contribution in [0.4, 0.5) is 18.9 Å². The van der Waals surface area contributed by atoms with Crippen molar-refractivity contribution in [2.45, 2.75) is 12.8 Å². The third kappa shape index (κ3) is 6.37. The van der Waals surface area contributed by atoms with Gasteiger partial charge < -0.3 is 15.0 Å². The second-order valence-electron chi connectivity index (χ2n) is 6.31. The minimum Gasteiger partial charge on any atom is -0.385 e. The van der Waals surface area contributed by atoms with Gasteiger partial charge in [-0.3, -0.25) is 4.79 Å². The van der Waals surface area contributed by atoms with Crippen LogP contribution in [-0.4, -0.2) is 44.7 Å². The average molecular weight is 380 g/mol. The fraction of sp³-hybridized carbons (Fsp3) is 0.350. The molecule has 0 aliphatic carbocycles. The van der Waals surface area contributed by atoms with E-state index in [1.54, 1.807) is 25.3 Å². The lowest BCUT2D eigenvalue weighted by molar-refractivity contribution is 0.102. The summed E-state index contributed by atoms with van der Waals surface area (Å²) in [4.78, 5) is 14.5. The summed E-state index contributed by atoms with van der Waals surface area (Å²) in [6, 6.07) is 8.49. The number of carbonyl (C=O) groups excluding carboxylic acids is 1. The van der Waals surface area contributed by atoms with Gasteiger partial charge in [0.05, 0.1) is 0 Å². The molecule has 0 unspecified atom stereocenters. The first-order valence-electron chi connectivity index (χ1n) is 8.63. The van der Waals surface area contributed by atoms with Gasteiger partial charge in [0.2, 0.25) is 0 Å². The molecule has 7 heteroatoms. The molecule has 0 bridgehead atoms. The number of benzene rings is 2. The quantitative estimate of drug-likeness (QED) is 0.530. The van der Waals surface area contributed by atoms with Crippen molar-refractivity contribution in [3.63, 3.8) is 0 Å². The van der Waals surface area contributed by atoms with Crippen molar-refractivity contribution in [3.8, 4) is 0 Å². The molecule has 2 aromatic rings. The largest absolute Gasteiger partial charge is 0.385 e. The number of halogens is 3. The van der Waals surface area contributed by atoms with Crippen LogP contribution >= 0.6 is 0 Å². The maximum atomic E-state index is 13.3. The van der Waals surface area contributed by atoms with Crippen molar-refractivity contribution in [2.24, 2.45) is 0 Å². The lowest BCUT2D eigenvalue weighted by atomic mass is 10.1. The molecule has 0 aromatic heterocycles. The SMILES string of the molecule is COCCCN(C)CCc1cccc(C(=O)Nc2cc(F)c(F)c(F)c2)c1. The number of anilines is 1. The summed E-state index contributed by atoms with van der Waals surface area (Å²) in [5.74, 6) is -4.79. The molecule has 2 rings (SSSR count). The van der Waals surface area contributed by atoms with Crippen molar-refractivity contribution in [2.75, 3.05) is 39.2 Å². The van der Waals surface area contributed by atoms with Crippen LogP contribution < -0.4 is 5.32 Å². The van der Waals surface area contributed by atoms with E-state index in [0.29, 0.717) is 12.2 Å². The third-order valence-corrected chi connectivity index (χ3v) is 4.10. The number of methoxy groups -OCH3 is 1. The molecule has 0 saturated heterocycles. The predicted molar refractivity (Wildman–Crippen MR) is 98.4 cm³/mol. The minimum absolute atomic E-state index is 0.139. The first-order valence-corrected chi connectivity index (χ1v) is 8.63. The Hall–Kier alpha value is -2.38. The maximum absolute atomic E-state index is 13.3. The van der Waals surface area contributed by atoms with Gasteiger partial charge in [-0.05, 0) is 37.6 Å². The number of hydrogen-bond acceptors (Lipinski definition) is 3. The van der Waals surface area contributed by atoms with Gasteiger partial charge >= 0.3 is 0 Å². The van der Waals surface area contributed by atoms with Gasteiger partial charge in [0.15, 0.2) is 17.5 Å². The molecule has 0 heterocycles. The highest BCUT2D eigenvalue weighted by Gasteiger charge is 2.13. The molecule has 0 spiro atoms. The molecular formula is C20H23F3N2O2. The number of ether oxygens (including phenoxy) is 1. The summed E-state index contributed by atoms with van der Waals surface area (Å²) in [6.45, 7) is 2.45. The van der Waals surface area contributed by atoms with Gasteiger partial charge in [-0.2, -0.15) is 0 Å². The Morgan fingerprint density at radius 1 is 1.11 bits per heavy atom. The molecular weight excluding hydrogens is 357 g/mol. The molecule has 0 aliphatic heterocycles. The normalized spacial score (nSPS) is 11.0. The van der Waals surface area contributed by atoms with Crippen LogP contribution in [0.1, 0.15) is 22.3 Å². The molecule has 0 saturated carbocycles. The molecule has 4 nitrogen and oxygen atoms in total. The first kappa shape index (κ1) is 20.9. The van der Waals surface area contributed by atoms with E-state index in [2.05, 4.69) is 10.2 Å². The number of amides is 1. The fourth-order valence-corrected chi connectivity index (χ4v) is 2.61. The number of carbonyl (C=O) groups is 1. The third-order valence-electron chi connectivity index (χ3n) is 4.10. The monoisotopic (exact) mass is 380 g/mol. The van der Waals surface area contributed by atoms with Gasteiger partial charge in [0.25, 0.3) is 5.91 Å². The van der Waals surface area contributed by atoms with Gasteiger partial charge in [0, 0.05) is 50.2 Å². The van der Waals surface area contributed by atoms with E-state index in [-0.39, 0.29) is 5.69 Å². The minimum atomic E-state index is -1.57. The van der Waals surface area contributed by atoms with E-state index in [1.165, 1.54) is 0 Å². The van der Waals surface area contributed by atoms with Crippen LogP contribution in [0, 0.1) is 17.5 Å². The Morgan fingerprint density at radius 2 is 1.81 bits per heavy atom. The summed E-state index contributed by atoms with van der Waals surface area (Å²) in [6.07, 6.45) is 1.70. The Balaban J connectivity index is 1.97. The van der Waals surface area contributed by atoms with Crippen LogP contribution in [0.5, 0.6) is 0 Å². The summed E-state index contributed by atoms with van der Waals surface area (Å²) in [5.41, 5.74) is 1.19. The van der Waals surface area contributed by atoms with Crippen molar-refractivity contribution in [1.82, 2.24) is 4.90 Å². The molecule has 146 valence electrons. The standard InChI is InChI=1S/C20H23F3N2O2/c1-25(8-4-10-27-2)9-7-14-5-3-6-15(11-14)20(26)24-16-12-17(21)19(23)18(22)13-16/h3,5-6,11-13H,4,7-10H2,1-2H3,(H,24,26). The molecule has 0 fully saturated rings. The molecule has 1 amide bonds. The zero-order valence-corrected chi connectivity index (χ0v) is 15.4. The van der Waals surface area contributed by atoms with Crippen molar-refractivity contribution >= 4 is 11.6 Å². The van der Waals surface area contributed by atoms with E-state index < -0.39 is 23.4 Å². The first-order chi connectivity index (χ1) is 12.9. The predicted octanol–water partition coefficient (Wildman–Crippen LogP) is 3.87. The topological polar surface area (TPSA) is 41.6 Å². The summed E-state index contributed by atoms with van der Waals surface area (Å²) in [5, 5.41) is 2.38. The maximum Gasteiger partial charge on any atom is 0.255 e. The average Bonchev–Trinajstić information content (AvgIpc) is 2.65. The molecule has 0 radical (unpaired) electrons. The second-order valence-corrected chi connectivity index (χ2v) is 6.31. The summed E-state index contributed by atoms with van der Waals surface area (Å²) >= 11 is 0. The van der Waals surface area contributed by atoms with Crippen LogP contribution in [0.25, 0.3) is 0 Å². The van der Waals surface area contributed by atoms with Gasteiger partial charge in [-0.15, -0.1) is 0 Å². The van der Waals surface area contributed by atoms with Crippen LogP contribution in [0.2, 0.25) is 0 Å². The Labute approximate surface area is 156 Å². The van der Waals surface area contributed by atoms with E-state index in [0.717, 1.165) is 43.6 Å². The lowest BCUT2D eigenvalue weighted by Gasteiger charge is -2.16.